The van der Waals surface area contributed by atoms with Gasteiger partial charge in [-0.15, -0.1) is 0 Å². The van der Waals surface area contributed by atoms with Gasteiger partial charge in [0, 0.05) is 11.9 Å². The maximum Gasteiger partial charge on any atom is 0.244 e. The Labute approximate surface area is 110 Å². The lowest BCUT2D eigenvalue weighted by Gasteiger charge is -2.18. The lowest BCUT2D eigenvalue weighted by molar-refractivity contribution is -0.122. The van der Waals surface area contributed by atoms with Gasteiger partial charge in [-0.25, -0.2) is 5.01 Å². The van der Waals surface area contributed by atoms with Crippen molar-refractivity contribution in [2.24, 2.45) is 0 Å². The second-order valence-electron chi connectivity index (χ2n) is 3.84. The molecule has 2 rings (SSSR count). The number of benzene rings is 1. The summed E-state index contributed by atoms with van der Waals surface area (Å²) in [6.45, 7) is 0. The van der Waals surface area contributed by atoms with Gasteiger partial charge < -0.3 is 0 Å². The van der Waals surface area contributed by atoms with E-state index in [2.05, 4.69) is 10.4 Å². The summed E-state index contributed by atoms with van der Waals surface area (Å²) in [6.07, 6.45) is 2.31. The normalized spacial score (nSPS) is 9.68. The average molecular weight is 255 g/mol. The molecule has 2 aromatic rings. The van der Waals surface area contributed by atoms with Crippen molar-refractivity contribution in [2.75, 3.05) is 5.01 Å². The molecule has 1 heterocycles. The number of para-hydroxylation sites is 1. The van der Waals surface area contributed by atoms with E-state index in [4.69, 9.17) is 0 Å². The minimum Gasteiger partial charge on any atom is -0.276 e. The average Bonchev–Trinajstić information content (AvgIpc) is 2.47. The minimum atomic E-state index is -0.297. The highest BCUT2D eigenvalue weighted by Gasteiger charge is 2.10. The summed E-state index contributed by atoms with van der Waals surface area (Å²) in [5, 5.41) is 1.14. The number of hydrogen-bond acceptors (Lipinski definition) is 3. The summed E-state index contributed by atoms with van der Waals surface area (Å²) in [5.41, 5.74) is 3.77. The third-order valence-corrected chi connectivity index (χ3v) is 2.45. The van der Waals surface area contributed by atoms with Gasteiger partial charge in [0.25, 0.3) is 0 Å². The molecular formula is C14H13N3O2. The molecule has 5 nitrogen and oxygen atoms in total. The number of nitrogens with zero attached hydrogens (tertiary/aromatic N) is 2. The summed E-state index contributed by atoms with van der Waals surface area (Å²) in [5.74, 6) is -0.297. The van der Waals surface area contributed by atoms with E-state index in [9.17, 15) is 9.59 Å². The first kappa shape index (κ1) is 12.8. The highest BCUT2D eigenvalue weighted by Crippen LogP contribution is 2.08. The van der Waals surface area contributed by atoms with Crippen molar-refractivity contribution in [1.29, 1.82) is 0 Å². The van der Waals surface area contributed by atoms with Gasteiger partial charge in [0.15, 0.2) is 0 Å². The van der Waals surface area contributed by atoms with Crippen molar-refractivity contribution in [2.45, 2.75) is 6.42 Å². The Hall–Kier alpha value is -2.69. The van der Waals surface area contributed by atoms with Crippen molar-refractivity contribution < 1.29 is 9.59 Å². The molecule has 1 N–H and O–H groups in total. The zero-order valence-corrected chi connectivity index (χ0v) is 10.2. The molecule has 0 spiro atoms. The SMILES string of the molecule is O=CN(NC(=O)Cc1ccccn1)c1ccccc1. The fourth-order valence-electron chi connectivity index (χ4n) is 1.58. The number of hydrogen-bond donors (Lipinski definition) is 1. The summed E-state index contributed by atoms with van der Waals surface area (Å²) in [7, 11) is 0. The van der Waals surface area contributed by atoms with Crippen LogP contribution in [0.1, 0.15) is 5.69 Å². The number of aromatic nitrogens is 1. The Morgan fingerprint density at radius 3 is 2.53 bits per heavy atom. The van der Waals surface area contributed by atoms with Gasteiger partial charge >= 0.3 is 0 Å². The number of carbonyl (C=O) groups is 2. The van der Waals surface area contributed by atoms with E-state index < -0.39 is 0 Å². The molecule has 1 aromatic carbocycles. The third-order valence-electron chi connectivity index (χ3n) is 2.45. The summed E-state index contributed by atoms with van der Waals surface area (Å²) >= 11 is 0. The molecule has 0 unspecified atom stereocenters. The smallest absolute Gasteiger partial charge is 0.244 e. The van der Waals surface area contributed by atoms with Gasteiger partial charge in [0.2, 0.25) is 12.3 Å². The zero-order valence-electron chi connectivity index (χ0n) is 10.2. The highest BCUT2D eigenvalue weighted by molar-refractivity contribution is 5.85. The van der Waals surface area contributed by atoms with Crippen molar-refractivity contribution in [3.05, 3.63) is 60.4 Å². The van der Waals surface area contributed by atoms with E-state index in [1.54, 1.807) is 42.6 Å². The molecule has 0 fully saturated rings. The van der Waals surface area contributed by atoms with E-state index in [0.29, 0.717) is 17.8 Å². The lowest BCUT2D eigenvalue weighted by atomic mass is 10.2. The number of amides is 2. The maximum absolute atomic E-state index is 11.8. The lowest BCUT2D eigenvalue weighted by Crippen LogP contribution is -2.42. The monoisotopic (exact) mass is 255 g/mol. The van der Waals surface area contributed by atoms with E-state index in [0.717, 1.165) is 5.01 Å². The van der Waals surface area contributed by atoms with Crippen molar-refractivity contribution in [1.82, 2.24) is 10.4 Å². The van der Waals surface area contributed by atoms with Gasteiger partial charge in [-0.3, -0.25) is 20.0 Å². The number of anilines is 1. The Balaban J connectivity index is 1.99. The van der Waals surface area contributed by atoms with Gasteiger partial charge in [-0.05, 0) is 24.3 Å². The van der Waals surface area contributed by atoms with Gasteiger partial charge in [-0.1, -0.05) is 24.3 Å². The summed E-state index contributed by atoms with van der Waals surface area (Å²) < 4.78 is 0. The number of carbonyl (C=O) groups excluding carboxylic acids is 2. The molecule has 0 aliphatic carbocycles. The molecule has 19 heavy (non-hydrogen) atoms. The topological polar surface area (TPSA) is 62.3 Å². The number of hydrazine groups is 1. The van der Waals surface area contributed by atoms with Crippen LogP contribution in [-0.4, -0.2) is 17.3 Å². The maximum atomic E-state index is 11.8. The first-order valence-electron chi connectivity index (χ1n) is 5.78. The van der Waals surface area contributed by atoms with Gasteiger partial charge in [0.1, 0.15) is 0 Å². The number of pyridine rings is 1. The van der Waals surface area contributed by atoms with Crippen LogP contribution in [0.25, 0.3) is 0 Å². The molecule has 0 aliphatic rings. The fourth-order valence-corrected chi connectivity index (χ4v) is 1.58. The minimum absolute atomic E-state index is 0.123. The first-order valence-corrected chi connectivity index (χ1v) is 5.78. The molecule has 2 amide bonds. The first-order chi connectivity index (χ1) is 9.29. The quantitative estimate of drug-likeness (QED) is 0.647. The molecule has 0 atom stereocenters. The van der Waals surface area contributed by atoms with Crippen LogP contribution in [-0.2, 0) is 16.0 Å². The predicted molar refractivity (Wildman–Crippen MR) is 71.1 cm³/mol. The van der Waals surface area contributed by atoms with Crippen LogP contribution in [0.4, 0.5) is 5.69 Å². The number of nitrogens with one attached hydrogen (secondary N) is 1. The second kappa shape index (κ2) is 6.30. The largest absolute Gasteiger partial charge is 0.276 e. The van der Waals surface area contributed by atoms with Crippen molar-refractivity contribution in [3.63, 3.8) is 0 Å². The Kier molecular flexibility index (Phi) is 4.23. The second-order valence-corrected chi connectivity index (χ2v) is 3.84. The predicted octanol–water partition coefficient (Wildman–Crippen LogP) is 1.32. The molecule has 0 saturated carbocycles. The van der Waals surface area contributed by atoms with Gasteiger partial charge in [0.05, 0.1) is 12.1 Å². The van der Waals surface area contributed by atoms with E-state index >= 15 is 0 Å². The molecule has 1 aromatic heterocycles. The van der Waals surface area contributed by atoms with E-state index in [-0.39, 0.29) is 12.3 Å². The van der Waals surface area contributed by atoms with Crippen LogP contribution in [0.15, 0.2) is 54.7 Å². The summed E-state index contributed by atoms with van der Waals surface area (Å²) in [6, 6.07) is 14.2. The molecule has 0 saturated heterocycles. The van der Waals surface area contributed by atoms with Gasteiger partial charge in [-0.2, -0.15) is 0 Å². The Morgan fingerprint density at radius 1 is 1.16 bits per heavy atom. The summed E-state index contributed by atoms with van der Waals surface area (Å²) in [4.78, 5) is 26.8. The Bertz CT molecular complexity index is 543. The van der Waals surface area contributed by atoms with Crippen LogP contribution in [0, 0.1) is 0 Å². The van der Waals surface area contributed by atoms with E-state index in [1.807, 2.05) is 12.1 Å². The van der Waals surface area contributed by atoms with Crippen LogP contribution >= 0.6 is 0 Å². The van der Waals surface area contributed by atoms with Crippen molar-refractivity contribution in [3.8, 4) is 0 Å². The van der Waals surface area contributed by atoms with Crippen LogP contribution in [0.2, 0.25) is 0 Å². The van der Waals surface area contributed by atoms with E-state index in [1.165, 1.54) is 0 Å². The molecule has 0 radical (unpaired) electrons. The molecule has 0 bridgehead atoms. The zero-order chi connectivity index (χ0) is 13.5. The fraction of sp³-hybridized carbons (Fsp3) is 0.0714. The molecular weight excluding hydrogens is 242 g/mol. The number of rotatable bonds is 5. The third kappa shape index (κ3) is 3.64. The molecule has 0 aliphatic heterocycles. The molecule has 96 valence electrons. The van der Waals surface area contributed by atoms with Crippen molar-refractivity contribution >= 4 is 18.0 Å². The molecule has 5 heteroatoms. The highest BCUT2D eigenvalue weighted by atomic mass is 16.2. The standard InChI is InChI=1S/C14H13N3O2/c18-11-17(13-7-2-1-3-8-13)16-14(19)10-12-6-4-5-9-15-12/h1-9,11H,10H2,(H,16,19). The van der Waals surface area contributed by atoms with Crippen LogP contribution in [0.3, 0.4) is 0 Å². The Morgan fingerprint density at radius 2 is 1.89 bits per heavy atom. The van der Waals surface area contributed by atoms with Crippen LogP contribution < -0.4 is 10.4 Å². The van der Waals surface area contributed by atoms with Crippen LogP contribution in [0.5, 0.6) is 0 Å².